The van der Waals surface area contributed by atoms with Crippen molar-refractivity contribution in [3.63, 3.8) is 0 Å². The fourth-order valence-electron chi connectivity index (χ4n) is 3.41. The number of carbonyl (C=O) groups is 1. The van der Waals surface area contributed by atoms with E-state index in [1.807, 2.05) is 6.33 Å². The SMILES string of the molecule is O=C(O)C1CCc2c(C3CCCCC3)ncn2C1. The van der Waals surface area contributed by atoms with Crippen LogP contribution in [0.15, 0.2) is 6.33 Å². The molecule has 1 aromatic heterocycles. The van der Waals surface area contributed by atoms with Crippen molar-refractivity contribution in [2.24, 2.45) is 5.92 Å². The Morgan fingerprint density at radius 2 is 2.06 bits per heavy atom. The van der Waals surface area contributed by atoms with Crippen molar-refractivity contribution in [1.82, 2.24) is 9.55 Å². The van der Waals surface area contributed by atoms with Crippen LogP contribution in [0.1, 0.15) is 55.8 Å². The van der Waals surface area contributed by atoms with E-state index in [0.717, 1.165) is 12.8 Å². The fourth-order valence-corrected chi connectivity index (χ4v) is 3.41. The lowest BCUT2D eigenvalue weighted by Crippen LogP contribution is -2.26. The average molecular weight is 248 g/mol. The van der Waals surface area contributed by atoms with E-state index >= 15 is 0 Å². The summed E-state index contributed by atoms with van der Waals surface area (Å²) < 4.78 is 2.08. The molecule has 4 heteroatoms. The molecule has 3 rings (SSSR count). The summed E-state index contributed by atoms with van der Waals surface area (Å²) in [7, 11) is 0. The molecule has 0 saturated heterocycles. The summed E-state index contributed by atoms with van der Waals surface area (Å²) in [5, 5.41) is 9.09. The predicted molar refractivity (Wildman–Crippen MR) is 67.5 cm³/mol. The van der Waals surface area contributed by atoms with E-state index in [1.54, 1.807) is 0 Å². The van der Waals surface area contributed by atoms with Gasteiger partial charge in [0.25, 0.3) is 0 Å². The first-order valence-corrected chi connectivity index (χ1v) is 7.02. The van der Waals surface area contributed by atoms with Gasteiger partial charge in [-0.05, 0) is 25.7 Å². The van der Waals surface area contributed by atoms with Crippen LogP contribution in [0.5, 0.6) is 0 Å². The molecule has 2 aliphatic rings. The second-order valence-electron chi connectivity index (χ2n) is 5.64. The minimum absolute atomic E-state index is 0.231. The van der Waals surface area contributed by atoms with Crippen LogP contribution >= 0.6 is 0 Å². The zero-order valence-electron chi connectivity index (χ0n) is 10.6. The van der Waals surface area contributed by atoms with Gasteiger partial charge in [-0.1, -0.05) is 19.3 Å². The second-order valence-corrected chi connectivity index (χ2v) is 5.64. The first-order chi connectivity index (χ1) is 8.75. The predicted octanol–water partition coefficient (Wildman–Crippen LogP) is 2.58. The van der Waals surface area contributed by atoms with Crippen LogP contribution in [-0.4, -0.2) is 20.6 Å². The number of fused-ring (bicyclic) bond motifs is 1. The van der Waals surface area contributed by atoms with Crippen LogP contribution in [-0.2, 0) is 17.8 Å². The first-order valence-electron chi connectivity index (χ1n) is 7.02. The van der Waals surface area contributed by atoms with Gasteiger partial charge in [0.2, 0.25) is 0 Å². The Morgan fingerprint density at radius 1 is 1.28 bits per heavy atom. The van der Waals surface area contributed by atoms with E-state index in [0.29, 0.717) is 12.5 Å². The molecule has 0 radical (unpaired) electrons. The second kappa shape index (κ2) is 4.75. The molecule has 1 saturated carbocycles. The Balaban J connectivity index is 1.81. The number of hydrogen-bond acceptors (Lipinski definition) is 2. The molecule has 18 heavy (non-hydrogen) atoms. The van der Waals surface area contributed by atoms with Gasteiger partial charge in [0, 0.05) is 18.2 Å². The standard InChI is InChI=1S/C14H20N2O2/c17-14(18)11-6-7-12-13(15-9-16(12)8-11)10-4-2-1-3-5-10/h9-11H,1-8H2,(H,17,18). The van der Waals surface area contributed by atoms with Gasteiger partial charge in [0.15, 0.2) is 0 Å². The Morgan fingerprint density at radius 3 is 2.78 bits per heavy atom. The van der Waals surface area contributed by atoms with E-state index in [2.05, 4.69) is 9.55 Å². The van der Waals surface area contributed by atoms with Gasteiger partial charge in [-0.25, -0.2) is 4.98 Å². The topological polar surface area (TPSA) is 55.1 Å². The summed E-state index contributed by atoms with van der Waals surface area (Å²) in [6.07, 6.45) is 9.99. The summed E-state index contributed by atoms with van der Waals surface area (Å²) in [6, 6.07) is 0. The fraction of sp³-hybridized carbons (Fsp3) is 0.714. The van der Waals surface area contributed by atoms with Gasteiger partial charge < -0.3 is 9.67 Å². The van der Waals surface area contributed by atoms with Gasteiger partial charge in [-0.15, -0.1) is 0 Å². The van der Waals surface area contributed by atoms with Gasteiger partial charge in [0.1, 0.15) is 0 Å². The summed E-state index contributed by atoms with van der Waals surface area (Å²) >= 11 is 0. The molecule has 1 aliphatic heterocycles. The van der Waals surface area contributed by atoms with Crippen molar-refractivity contribution in [3.05, 3.63) is 17.7 Å². The molecule has 1 N–H and O–H groups in total. The van der Waals surface area contributed by atoms with Crippen LogP contribution in [0.4, 0.5) is 0 Å². The molecule has 1 aromatic rings. The number of carboxylic acid groups (broad SMARTS) is 1. The number of rotatable bonds is 2. The van der Waals surface area contributed by atoms with Crippen LogP contribution in [0.3, 0.4) is 0 Å². The van der Waals surface area contributed by atoms with Gasteiger partial charge in [-0.3, -0.25) is 4.79 Å². The number of aromatic nitrogens is 2. The third kappa shape index (κ3) is 2.04. The van der Waals surface area contributed by atoms with Gasteiger partial charge >= 0.3 is 5.97 Å². The maximum Gasteiger partial charge on any atom is 0.308 e. The van der Waals surface area contributed by atoms with Crippen molar-refractivity contribution in [2.45, 2.75) is 57.4 Å². The monoisotopic (exact) mass is 248 g/mol. The normalized spacial score (nSPS) is 24.8. The largest absolute Gasteiger partial charge is 0.481 e. The summed E-state index contributed by atoms with van der Waals surface area (Å²) in [4.78, 5) is 15.6. The number of imidazole rings is 1. The van der Waals surface area contributed by atoms with Crippen molar-refractivity contribution < 1.29 is 9.90 Å². The molecule has 4 nitrogen and oxygen atoms in total. The van der Waals surface area contributed by atoms with Crippen molar-refractivity contribution in [2.75, 3.05) is 0 Å². The van der Waals surface area contributed by atoms with E-state index in [-0.39, 0.29) is 5.92 Å². The minimum atomic E-state index is -0.673. The molecule has 1 aliphatic carbocycles. The Kier molecular flexibility index (Phi) is 3.10. The van der Waals surface area contributed by atoms with Gasteiger partial charge in [-0.2, -0.15) is 0 Å². The molecule has 2 heterocycles. The minimum Gasteiger partial charge on any atom is -0.481 e. The highest BCUT2D eigenvalue weighted by atomic mass is 16.4. The van der Waals surface area contributed by atoms with Crippen molar-refractivity contribution in [3.8, 4) is 0 Å². The highest BCUT2D eigenvalue weighted by Gasteiger charge is 2.29. The smallest absolute Gasteiger partial charge is 0.308 e. The van der Waals surface area contributed by atoms with E-state index in [1.165, 1.54) is 43.5 Å². The van der Waals surface area contributed by atoms with E-state index in [9.17, 15) is 4.79 Å². The quantitative estimate of drug-likeness (QED) is 0.875. The Bertz CT molecular complexity index is 447. The number of hydrogen-bond donors (Lipinski definition) is 1. The third-order valence-corrected chi connectivity index (χ3v) is 4.47. The molecule has 1 fully saturated rings. The summed E-state index contributed by atoms with van der Waals surface area (Å²) in [5.74, 6) is -0.282. The molecule has 98 valence electrons. The van der Waals surface area contributed by atoms with Crippen molar-refractivity contribution in [1.29, 1.82) is 0 Å². The maximum absolute atomic E-state index is 11.0. The molecule has 1 unspecified atom stereocenters. The average Bonchev–Trinajstić information content (AvgIpc) is 2.82. The van der Waals surface area contributed by atoms with Crippen LogP contribution in [0.2, 0.25) is 0 Å². The third-order valence-electron chi connectivity index (χ3n) is 4.47. The molecular formula is C14H20N2O2. The first kappa shape index (κ1) is 11.8. The Hall–Kier alpha value is -1.32. The van der Waals surface area contributed by atoms with E-state index in [4.69, 9.17) is 5.11 Å². The van der Waals surface area contributed by atoms with Gasteiger partial charge in [0.05, 0.1) is 17.9 Å². The molecule has 0 aromatic carbocycles. The van der Waals surface area contributed by atoms with Crippen molar-refractivity contribution >= 4 is 5.97 Å². The molecular weight excluding hydrogens is 228 g/mol. The summed E-state index contributed by atoms with van der Waals surface area (Å²) in [6.45, 7) is 0.602. The highest BCUT2D eigenvalue weighted by Crippen LogP contribution is 2.35. The maximum atomic E-state index is 11.0. The van der Waals surface area contributed by atoms with E-state index < -0.39 is 5.97 Å². The Labute approximate surface area is 107 Å². The number of carboxylic acids is 1. The number of aliphatic carboxylic acids is 1. The summed E-state index contributed by atoms with van der Waals surface area (Å²) in [5.41, 5.74) is 2.57. The molecule has 0 spiro atoms. The van der Waals surface area contributed by atoms with Crippen LogP contribution in [0.25, 0.3) is 0 Å². The highest BCUT2D eigenvalue weighted by molar-refractivity contribution is 5.70. The zero-order valence-corrected chi connectivity index (χ0v) is 10.6. The van der Waals surface area contributed by atoms with Crippen LogP contribution < -0.4 is 0 Å². The lowest BCUT2D eigenvalue weighted by molar-refractivity contribution is -0.142. The number of nitrogens with zero attached hydrogens (tertiary/aromatic N) is 2. The molecule has 0 amide bonds. The van der Waals surface area contributed by atoms with Crippen LogP contribution in [0, 0.1) is 5.92 Å². The lowest BCUT2D eigenvalue weighted by Gasteiger charge is -2.25. The molecule has 0 bridgehead atoms. The lowest BCUT2D eigenvalue weighted by atomic mass is 9.84. The molecule has 1 atom stereocenters. The zero-order chi connectivity index (χ0) is 12.5.